The summed E-state index contributed by atoms with van der Waals surface area (Å²) in [5.41, 5.74) is 5.26. The van der Waals surface area contributed by atoms with Gasteiger partial charge in [-0.1, -0.05) is 35.9 Å². The second kappa shape index (κ2) is 11.5. The molecule has 34 heavy (non-hydrogen) atoms. The fourth-order valence-electron chi connectivity index (χ4n) is 2.78. The lowest BCUT2D eigenvalue weighted by Crippen LogP contribution is -2.43. The van der Waals surface area contributed by atoms with Crippen LogP contribution < -0.4 is 25.1 Å². The van der Waals surface area contributed by atoms with E-state index in [0.29, 0.717) is 16.5 Å². The molecule has 0 fully saturated rings. The molecule has 0 saturated carbocycles. The van der Waals surface area contributed by atoms with E-state index in [2.05, 4.69) is 10.9 Å². The van der Waals surface area contributed by atoms with Crippen molar-refractivity contribution in [2.24, 2.45) is 0 Å². The van der Waals surface area contributed by atoms with E-state index >= 15 is 0 Å². The largest absolute Gasteiger partial charge is 0.493 e. The molecule has 176 valence electrons. The number of rotatable bonds is 9. The standard InChI is InChI=1S/C23H20ClN3O7/c1-32-21-12-16(8-11-20(21)33-13-15-6-9-17(24)10-7-15)23(29)26-25-22(28)14-34-19-5-3-2-4-18(19)27(30)31/h2-12H,13-14H2,1H3,(H,25,28)(H,26,29). The topological polar surface area (TPSA) is 129 Å². The first-order valence-corrected chi connectivity index (χ1v) is 10.3. The van der Waals surface area contributed by atoms with Crippen molar-refractivity contribution in [1.29, 1.82) is 0 Å². The van der Waals surface area contributed by atoms with E-state index in [1.165, 1.54) is 43.5 Å². The van der Waals surface area contributed by atoms with Crippen LogP contribution in [0.3, 0.4) is 0 Å². The van der Waals surface area contributed by atoms with Gasteiger partial charge in [0.05, 0.1) is 12.0 Å². The number of amides is 2. The Morgan fingerprint density at radius 1 is 0.941 bits per heavy atom. The molecule has 0 spiro atoms. The maximum absolute atomic E-state index is 12.4. The van der Waals surface area contributed by atoms with Crippen LogP contribution in [-0.4, -0.2) is 30.5 Å². The molecule has 0 unspecified atom stereocenters. The Morgan fingerprint density at radius 2 is 1.68 bits per heavy atom. The van der Waals surface area contributed by atoms with Crippen LogP contribution in [0, 0.1) is 10.1 Å². The lowest BCUT2D eigenvalue weighted by atomic mass is 10.2. The zero-order valence-electron chi connectivity index (χ0n) is 17.9. The molecular formula is C23H20ClN3O7. The summed E-state index contributed by atoms with van der Waals surface area (Å²) in [6.45, 7) is -0.263. The Hall–Kier alpha value is -4.31. The number of nitro benzene ring substituents is 1. The summed E-state index contributed by atoms with van der Waals surface area (Å²) in [6.07, 6.45) is 0. The number of nitrogens with one attached hydrogen (secondary N) is 2. The smallest absolute Gasteiger partial charge is 0.310 e. The van der Waals surface area contributed by atoms with Crippen LogP contribution >= 0.6 is 11.6 Å². The minimum Gasteiger partial charge on any atom is -0.493 e. The van der Waals surface area contributed by atoms with Crippen molar-refractivity contribution in [3.8, 4) is 17.2 Å². The maximum Gasteiger partial charge on any atom is 0.310 e. The number of carbonyl (C=O) groups excluding carboxylic acids is 2. The van der Waals surface area contributed by atoms with Gasteiger partial charge in [0.25, 0.3) is 11.8 Å². The number of halogens is 1. The molecule has 0 atom stereocenters. The summed E-state index contributed by atoms with van der Waals surface area (Å²) in [5, 5.41) is 11.6. The van der Waals surface area contributed by atoms with E-state index in [4.69, 9.17) is 25.8 Å². The molecule has 0 aliphatic rings. The minimum atomic E-state index is -0.707. The Labute approximate surface area is 199 Å². The van der Waals surface area contributed by atoms with Crippen LogP contribution in [-0.2, 0) is 11.4 Å². The van der Waals surface area contributed by atoms with Crippen LogP contribution in [0.2, 0.25) is 5.02 Å². The molecule has 3 rings (SSSR count). The van der Waals surface area contributed by atoms with Gasteiger partial charge in [0.1, 0.15) is 6.61 Å². The molecule has 11 heteroatoms. The summed E-state index contributed by atoms with van der Waals surface area (Å²) in [7, 11) is 1.44. The fraction of sp³-hybridized carbons (Fsp3) is 0.130. The summed E-state index contributed by atoms with van der Waals surface area (Å²) in [4.78, 5) is 34.7. The Kier molecular flexibility index (Phi) is 8.25. The number of carbonyl (C=O) groups is 2. The summed E-state index contributed by atoms with van der Waals surface area (Å²) in [5.74, 6) is -0.626. The van der Waals surface area contributed by atoms with Crippen LogP contribution in [0.25, 0.3) is 0 Å². The van der Waals surface area contributed by atoms with Gasteiger partial charge in [-0.3, -0.25) is 30.6 Å². The minimum absolute atomic E-state index is 0.0621. The van der Waals surface area contributed by atoms with Crippen LogP contribution in [0.4, 0.5) is 5.69 Å². The zero-order chi connectivity index (χ0) is 24.5. The Balaban J connectivity index is 1.53. The molecule has 10 nitrogen and oxygen atoms in total. The summed E-state index contributed by atoms with van der Waals surface area (Å²) < 4.78 is 16.2. The van der Waals surface area contributed by atoms with Crippen LogP contribution in [0.5, 0.6) is 17.2 Å². The number of ether oxygens (including phenoxy) is 3. The second-order valence-corrected chi connectivity index (χ2v) is 7.23. The van der Waals surface area contributed by atoms with Crippen molar-refractivity contribution in [2.45, 2.75) is 6.61 Å². The van der Waals surface area contributed by atoms with Crippen molar-refractivity contribution in [2.75, 3.05) is 13.7 Å². The monoisotopic (exact) mass is 485 g/mol. The van der Waals surface area contributed by atoms with Crippen LogP contribution in [0.1, 0.15) is 15.9 Å². The van der Waals surface area contributed by atoms with Gasteiger partial charge in [0, 0.05) is 16.7 Å². The highest BCUT2D eigenvalue weighted by Crippen LogP contribution is 2.29. The number of methoxy groups -OCH3 is 1. The highest BCUT2D eigenvalue weighted by Gasteiger charge is 2.16. The van der Waals surface area contributed by atoms with Crippen molar-refractivity contribution >= 4 is 29.1 Å². The predicted octanol–water partition coefficient (Wildman–Crippen LogP) is 3.68. The highest BCUT2D eigenvalue weighted by molar-refractivity contribution is 6.30. The van der Waals surface area contributed by atoms with Crippen molar-refractivity contribution < 1.29 is 28.7 Å². The average Bonchev–Trinajstić information content (AvgIpc) is 2.85. The molecule has 2 N–H and O–H groups in total. The predicted molar refractivity (Wildman–Crippen MR) is 123 cm³/mol. The lowest BCUT2D eigenvalue weighted by Gasteiger charge is -2.13. The second-order valence-electron chi connectivity index (χ2n) is 6.80. The van der Waals surface area contributed by atoms with Gasteiger partial charge in [-0.2, -0.15) is 0 Å². The zero-order valence-corrected chi connectivity index (χ0v) is 18.7. The number of benzene rings is 3. The normalized spacial score (nSPS) is 10.2. The van der Waals surface area contributed by atoms with Gasteiger partial charge >= 0.3 is 5.69 Å². The molecule has 3 aromatic carbocycles. The molecule has 0 aliphatic heterocycles. The van der Waals surface area contributed by atoms with Crippen LogP contribution in [0.15, 0.2) is 66.7 Å². The van der Waals surface area contributed by atoms with E-state index in [-0.39, 0.29) is 23.6 Å². The van der Waals surface area contributed by atoms with E-state index in [1.807, 2.05) is 12.1 Å². The fourth-order valence-corrected chi connectivity index (χ4v) is 2.90. The first kappa shape index (κ1) is 24.3. The third-order valence-electron chi connectivity index (χ3n) is 4.47. The molecule has 3 aromatic rings. The van der Waals surface area contributed by atoms with Gasteiger partial charge in [-0.15, -0.1) is 0 Å². The van der Waals surface area contributed by atoms with E-state index in [9.17, 15) is 19.7 Å². The number of hydrogen-bond acceptors (Lipinski definition) is 7. The van der Waals surface area contributed by atoms with Gasteiger partial charge in [-0.05, 0) is 42.0 Å². The van der Waals surface area contributed by atoms with E-state index in [0.717, 1.165) is 5.56 Å². The van der Waals surface area contributed by atoms with Gasteiger partial charge < -0.3 is 14.2 Å². The van der Waals surface area contributed by atoms with Crippen molar-refractivity contribution in [1.82, 2.24) is 10.9 Å². The summed E-state index contributed by atoms with van der Waals surface area (Å²) in [6, 6.07) is 17.4. The van der Waals surface area contributed by atoms with Crippen molar-refractivity contribution in [3.05, 3.63) is 93.0 Å². The summed E-state index contributed by atoms with van der Waals surface area (Å²) >= 11 is 5.88. The van der Waals surface area contributed by atoms with E-state index in [1.54, 1.807) is 18.2 Å². The molecule has 0 aromatic heterocycles. The van der Waals surface area contributed by atoms with E-state index < -0.39 is 23.3 Å². The number of para-hydroxylation sites is 2. The quantitative estimate of drug-likeness (QED) is 0.349. The molecule has 0 saturated heterocycles. The lowest BCUT2D eigenvalue weighted by molar-refractivity contribution is -0.385. The molecule has 0 aliphatic carbocycles. The first-order chi connectivity index (χ1) is 16.4. The first-order valence-electron chi connectivity index (χ1n) is 9.88. The maximum atomic E-state index is 12.4. The average molecular weight is 486 g/mol. The molecule has 2 amide bonds. The number of hydrazine groups is 1. The Bertz CT molecular complexity index is 1190. The van der Waals surface area contributed by atoms with Gasteiger partial charge in [-0.25, -0.2) is 0 Å². The SMILES string of the molecule is COc1cc(C(=O)NNC(=O)COc2ccccc2[N+](=O)[O-])ccc1OCc1ccc(Cl)cc1. The number of nitro groups is 1. The number of nitrogens with zero attached hydrogens (tertiary/aromatic N) is 1. The molecule has 0 heterocycles. The molecular weight excluding hydrogens is 466 g/mol. The third kappa shape index (κ3) is 6.59. The number of hydrogen-bond donors (Lipinski definition) is 2. The highest BCUT2D eigenvalue weighted by atomic mass is 35.5. The molecule has 0 radical (unpaired) electrons. The Morgan fingerprint density at radius 3 is 2.38 bits per heavy atom. The van der Waals surface area contributed by atoms with Crippen molar-refractivity contribution in [3.63, 3.8) is 0 Å². The van der Waals surface area contributed by atoms with Gasteiger partial charge in [0.15, 0.2) is 23.9 Å². The third-order valence-corrected chi connectivity index (χ3v) is 4.72. The molecule has 0 bridgehead atoms. The van der Waals surface area contributed by atoms with Gasteiger partial charge in [0.2, 0.25) is 0 Å².